The largest absolute Gasteiger partial charge is 0.497 e. The molecule has 1 atom stereocenters. The number of methoxy groups -OCH3 is 1. The third-order valence-electron chi connectivity index (χ3n) is 4.62. The van der Waals surface area contributed by atoms with Crippen LogP contribution < -0.4 is 15.4 Å². The topological polar surface area (TPSA) is 65.9 Å². The molecule has 3 N–H and O–H groups in total. The van der Waals surface area contributed by atoms with Gasteiger partial charge >= 0.3 is 0 Å². The predicted octanol–water partition coefficient (Wildman–Crippen LogP) is 3.33. The molecule has 0 saturated carbocycles. The third kappa shape index (κ3) is 7.65. The summed E-state index contributed by atoms with van der Waals surface area (Å²) in [5.41, 5.74) is 1.12. The lowest BCUT2D eigenvalue weighted by atomic mass is 9.85. The molecule has 0 spiro atoms. The summed E-state index contributed by atoms with van der Waals surface area (Å²) >= 11 is 0. The van der Waals surface area contributed by atoms with E-state index in [0.717, 1.165) is 44.1 Å². The van der Waals surface area contributed by atoms with Crippen molar-refractivity contribution in [1.82, 2.24) is 10.6 Å². The van der Waals surface area contributed by atoms with Gasteiger partial charge < -0.3 is 20.5 Å². The number of hydrogen-bond donors (Lipinski definition) is 3. The zero-order chi connectivity index (χ0) is 19.4. The lowest BCUT2D eigenvalue weighted by Crippen LogP contribution is -2.41. The second kappa shape index (κ2) is 11.8. The number of benzene rings is 1. The van der Waals surface area contributed by atoms with Crippen LogP contribution in [0, 0.1) is 5.92 Å². The van der Waals surface area contributed by atoms with Crippen molar-refractivity contribution in [3.63, 3.8) is 0 Å². The van der Waals surface area contributed by atoms with E-state index in [-0.39, 0.29) is 12.0 Å². The van der Waals surface area contributed by atoms with Gasteiger partial charge in [-0.1, -0.05) is 39.3 Å². The molecule has 1 rings (SSSR count). The van der Waals surface area contributed by atoms with Crippen LogP contribution in [0.1, 0.15) is 52.5 Å². The average Bonchev–Trinajstić information content (AvgIpc) is 2.64. The molecule has 5 heteroatoms. The first-order chi connectivity index (χ1) is 12.5. The van der Waals surface area contributed by atoms with E-state index in [1.165, 1.54) is 5.56 Å². The molecule has 26 heavy (non-hydrogen) atoms. The minimum atomic E-state index is -0.0925. The van der Waals surface area contributed by atoms with Crippen molar-refractivity contribution in [2.45, 2.75) is 52.4 Å². The van der Waals surface area contributed by atoms with E-state index in [0.29, 0.717) is 12.5 Å². The van der Waals surface area contributed by atoms with Crippen molar-refractivity contribution in [3.05, 3.63) is 29.8 Å². The van der Waals surface area contributed by atoms with Gasteiger partial charge in [0.2, 0.25) is 0 Å². The first kappa shape index (κ1) is 22.3. The lowest BCUT2D eigenvalue weighted by molar-refractivity contribution is 0.251. The summed E-state index contributed by atoms with van der Waals surface area (Å²) in [5, 5.41) is 16.0. The third-order valence-corrected chi connectivity index (χ3v) is 4.62. The molecule has 0 heterocycles. The summed E-state index contributed by atoms with van der Waals surface area (Å²) in [6, 6.07) is 8.18. The molecule has 0 aliphatic carbocycles. The Bertz CT molecular complexity index is 538. The monoisotopic (exact) mass is 363 g/mol. The van der Waals surface area contributed by atoms with Gasteiger partial charge in [0.25, 0.3) is 0 Å². The van der Waals surface area contributed by atoms with Crippen LogP contribution in [0.15, 0.2) is 29.3 Å². The Labute approximate surface area is 159 Å². The zero-order valence-electron chi connectivity index (χ0n) is 17.1. The van der Waals surface area contributed by atoms with Gasteiger partial charge in [0, 0.05) is 25.1 Å². The number of rotatable bonds is 11. The highest BCUT2D eigenvalue weighted by atomic mass is 16.5. The fourth-order valence-corrected chi connectivity index (χ4v) is 2.93. The molecule has 5 nitrogen and oxygen atoms in total. The van der Waals surface area contributed by atoms with Crippen molar-refractivity contribution >= 4 is 5.96 Å². The highest BCUT2D eigenvalue weighted by molar-refractivity contribution is 5.79. The fourth-order valence-electron chi connectivity index (χ4n) is 2.93. The Morgan fingerprint density at radius 2 is 2.00 bits per heavy atom. The van der Waals surface area contributed by atoms with E-state index in [4.69, 9.17) is 9.73 Å². The Hall–Kier alpha value is -1.75. The summed E-state index contributed by atoms with van der Waals surface area (Å²) in [6.45, 7) is 11.2. The maximum atomic E-state index is 9.23. The molecule has 0 saturated heterocycles. The Balaban J connectivity index is 2.76. The van der Waals surface area contributed by atoms with Gasteiger partial charge in [0.05, 0.1) is 13.7 Å². The molecule has 148 valence electrons. The zero-order valence-corrected chi connectivity index (χ0v) is 17.1. The van der Waals surface area contributed by atoms with Gasteiger partial charge in [-0.05, 0) is 43.4 Å². The van der Waals surface area contributed by atoms with E-state index in [1.807, 2.05) is 12.1 Å². The summed E-state index contributed by atoms with van der Waals surface area (Å²) < 4.78 is 5.34. The van der Waals surface area contributed by atoms with Gasteiger partial charge in [-0.3, -0.25) is 4.99 Å². The minimum absolute atomic E-state index is 0.0925. The van der Waals surface area contributed by atoms with Crippen LogP contribution in [-0.2, 0) is 5.41 Å². The standard InChI is InChI=1S/C21H37N3O2/c1-6-9-17(12-13-25)15-23-20(22-7-2)24-16-21(3,4)18-10-8-11-19(14-18)26-5/h8,10-11,14,17,25H,6-7,9,12-13,15-16H2,1-5H3,(H2,22,23,24). The number of guanidine groups is 1. The van der Waals surface area contributed by atoms with Crippen molar-refractivity contribution in [2.24, 2.45) is 10.9 Å². The van der Waals surface area contributed by atoms with Gasteiger partial charge in [0.15, 0.2) is 5.96 Å². The molecule has 0 radical (unpaired) electrons. The van der Waals surface area contributed by atoms with Crippen LogP contribution in [-0.4, -0.2) is 44.4 Å². The van der Waals surface area contributed by atoms with Gasteiger partial charge in [-0.15, -0.1) is 0 Å². The number of ether oxygens (including phenoxy) is 1. The van der Waals surface area contributed by atoms with E-state index in [1.54, 1.807) is 7.11 Å². The predicted molar refractivity (Wildman–Crippen MR) is 110 cm³/mol. The fraction of sp³-hybridized carbons (Fsp3) is 0.667. The number of hydrogen-bond acceptors (Lipinski definition) is 3. The first-order valence-corrected chi connectivity index (χ1v) is 9.74. The number of aliphatic hydroxyl groups excluding tert-OH is 1. The molecule has 1 aromatic carbocycles. The number of nitrogens with zero attached hydrogens (tertiary/aromatic N) is 1. The molecular formula is C21H37N3O2. The summed E-state index contributed by atoms with van der Waals surface area (Å²) in [4.78, 5) is 4.80. The van der Waals surface area contributed by atoms with Crippen LogP contribution in [0.2, 0.25) is 0 Å². The van der Waals surface area contributed by atoms with Crippen molar-refractivity contribution in [3.8, 4) is 5.75 Å². The highest BCUT2D eigenvalue weighted by Crippen LogP contribution is 2.26. The molecule has 0 bridgehead atoms. The Morgan fingerprint density at radius 3 is 2.62 bits per heavy atom. The second-order valence-corrected chi connectivity index (χ2v) is 7.36. The van der Waals surface area contributed by atoms with E-state index in [9.17, 15) is 5.11 Å². The summed E-state index contributed by atoms with van der Waals surface area (Å²) in [6.07, 6.45) is 3.07. The lowest BCUT2D eigenvalue weighted by Gasteiger charge is -2.25. The van der Waals surface area contributed by atoms with Gasteiger partial charge in [0.1, 0.15) is 5.75 Å². The molecule has 0 aliphatic heterocycles. The summed E-state index contributed by atoms with van der Waals surface area (Å²) in [5.74, 6) is 2.18. The smallest absolute Gasteiger partial charge is 0.191 e. The van der Waals surface area contributed by atoms with Gasteiger partial charge in [-0.25, -0.2) is 0 Å². The number of aliphatic imine (C=N–C) groups is 1. The maximum absolute atomic E-state index is 9.23. The van der Waals surface area contributed by atoms with E-state index >= 15 is 0 Å². The molecule has 1 aromatic rings. The second-order valence-electron chi connectivity index (χ2n) is 7.36. The van der Waals surface area contributed by atoms with Crippen LogP contribution >= 0.6 is 0 Å². The van der Waals surface area contributed by atoms with E-state index < -0.39 is 0 Å². The number of aliphatic hydroxyl groups is 1. The summed E-state index contributed by atoms with van der Waals surface area (Å²) in [7, 11) is 1.69. The minimum Gasteiger partial charge on any atom is -0.497 e. The van der Waals surface area contributed by atoms with Crippen LogP contribution in [0.3, 0.4) is 0 Å². The average molecular weight is 364 g/mol. The van der Waals surface area contributed by atoms with Crippen molar-refractivity contribution < 1.29 is 9.84 Å². The van der Waals surface area contributed by atoms with Gasteiger partial charge in [-0.2, -0.15) is 0 Å². The van der Waals surface area contributed by atoms with Crippen LogP contribution in [0.4, 0.5) is 0 Å². The Kier molecular flexibility index (Phi) is 10.1. The van der Waals surface area contributed by atoms with Crippen molar-refractivity contribution in [1.29, 1.82) is 0 Å². The maximum Gasteiger partial charge on any atom is 0.191 e. The number of nitrogens with one attached hydrogen (secondary N) is 2. The highest BCUT2D eigenvalue weighted by Gasteiger charge is 2.21. The first-order valence-electron chi connectivity index (χ1n) is 9.74. The van der Waals surface area contributed by atoms with E-state index in [2.05, 4.69) is 50.5 Å². The molecule has 0 aromatic heterocycles. The molecule has 0 amide bonds. The molecule has 0 fully saturated rings. The van der Waals surface area contributed by atoms with Crippen LogP contribution in [0.25, 0.3) is 0 Å². The quantitative estimate of drug-likeness (QED) is 0.417. The van der Waals surface area contributed by atoms with Crippen LogP contribution in [0.5, 0.6) is 5.75 Å². The van der Waals surface area contributed by atoms with Crippen molar-refractivity contribution in [2.75, 3.05) is 33.4 Å². The molecule has 0 aliphatic rings. The molecular weight excluding hydrogens is 326 g/mol. The normalized spacial score (nSPS) is 13.4. The molecule has 1 unspecified atom stereocenters. The SMILES string of the molecule is CCCC(CCO)CNC(=NCC(C)(C)c1cccc(OC)c1)NCC. The Morgan fingerprint density at radius 1 is 1.23 bits per heavy atom.